The fraction of sp³-hybridized carbons (Fsp3) is 0.333. The molecule has 0 bridgehead atoms. The van der Waals surface area contributed by atoms with E-state index in [2.05, 4.69) is 9.97 Å². The summed E-state index contributed by atoms with van der Waals surface area (Å²) >= 11 is 0. The molecule has 18 heavy (non-hydrogen) atoms. The van der Waals surface area contributed by atoms with Crippen LogP contribution in [0.5, 0.6) is 0 Å². The van der Waals surface area contributed by atoms with Gasteiger partial charge in [0.2, 0.25) is 0 Å². The molecule has 0 radical (unpaired) electrons. The van der Waals surface area contributed by atoms with Crippen LogP contribution in [0.15, 0.2) is 24.4 Å². The minimum atomic E-state index is -4.36. The number of fused-ring (bicyclic) bond motifs is 1. The van der Waals surface area contributed by atoms with Crippen LogP contribution in [0.2, 0.25) is 0 Å². The van der Waals surface area contributed by atoms with Crippen molar-refractivity contribution < 1.29 is 13.2 Å². The van der Waals surface area contributed by atoms with Gasteiger partial charge < -0.3 is 5.73 Å². The van der Waals surface area contributed by atoms with Crippen molar-refractivity contribution in [3.8, 4) is 0 Å². The first-order chi connectivity index (χ1) is 8.36. The van der Waals surface area contributed by atoms with E-state index in [0.717, 1.165) is 12.1 Å². The zero-order chi connectivity index (χ0) is 13.3. The van der Waals surface area contributed by atoms with Crippen molar-refractivity contribution in [3.05, 3.63) is 35.8 Å². The van der Waals surface area contributed by atoms with Crippen LogP contribution in [0, 0.1) is 0 Å². The van der Waals surface area contributed by atoms with Gasteiger partial charge in [0.15, 0.2) is 0 Å². The summed E-state index contributed by atoms with van der Waals surface area (Å²) < 4.78 is 37.7. The summed E-state index contributed by atoms with van der Waals surface area (Å²) in [7, 11) is 0. The van der Waals surface area contributed by atoms with Crippen LogP contribution in [0.1, 0.15) is 18.3 Å². The van der Waals surface area contributed by atoms with Gasteiger partial charge in [-0.25, -0.2) is 9.97 Å². The van der Waals surface area contributed by atoms with Gasteiger partial charge in [-0.1, -0.05) is 6.07 Å². The highest BCUT2D eigenvalue weighted by Gasteiger charge is 2.30. The van der Waals surface area contributed by atoms with Gasteiger partial charge in [-0.3, -0.25) is 0 Å². The Kier molecular flexibility index (Phi) is 3.21. The molecule has 0 aliphatic carbocycles. The summed E-state index contributed by atoms with van der Waals surface area (Å²) in [6.07, 6.45) is -2.41. The van der Waals surface area contributed by atoms with E-state index in [1.807, 2.05) is 0 Å². The molecule has 2 aromatic rings. The van der Waals surface area contributed by atoms with Crippen LogP contribution >= 0.6 is 0 Å². The topological polar surface area (TPSA) is 51.8 Å². The minimum Gasteiger partial charge on any atom is -0.328 e. The summed E-state index contributed by atoms with van der Waals surface area (Å²) in [5.74, 6) is 0.455. The van der Waals surface area contributed by atoms with E-state index >= 15 is 0 Å². The molecule has 1 heterocycles. The highest BCUT2D eigenvalue weighted by molar-refractivity contribution is 5.78. The molecule has 0 saturated heterocycles. The Labute approximate surface area is 102 Å². The second-order valence-corrected chi connectivity index (χ2v) is 4.24. The van der Waals surface area contributed by atoms with E-state index in [1.54, 1.807) is 6.92 Å². The number of aromatic nitrogens is 2. The minimum absolute atomic E-state index is 0.131. The SMILES string of the molecule is CC(N)Cc1ncc2ccc(C(F)(F)F)cc2n1. The molecule has 96 valence electrons. The summed E-state index contributed by atoms with van der Waals surface area (Å²) in [6, 6.07) is 3.29. The average Bonchev–Trinajstić information content (AvgIpc) is 2.26. The number of hydrogen-bond donors (Lipinski definition) is 1. The highest BCUT2D eigenvalue weighted by Crippen LogP contribution is 2.30. The molecule has 0 aliphatic heterocycles. The molecule has 2 N–H and O–H groups in total. The molecule has 1 aromatic heterocycles. The fourth-order valence-corrected chi connectivity index (χ4v) is 1.62. The largest absolute Gasteiger partial charge is 0.416 e. The lowest BCUT2D eigenvalue weighted by Gasteiger charge is -2.08. The van der Waals surface area contributed by atoms with E-state index in [1.165, 1.54) is 12.3 Å². The van der Waals surface area contributed by atoms with Crippen LogP contribution in [0.25, 0.3) is 10.9 Å². The maximum Gasteiger partial charge on any atom is 0.416 e. The maximum atomic E-state index is 12.6. The molecule has 2 rings (SSSR count). The van der Waals surface area contributed by atoms with Crippen LogP contribution in [0.3, 0.4) is 0 Å². The molecule has 3 nitrogen and oxygen atoms in total. The molecule has 1 atom stereocenters. The third-order valence-corrected chi connectivity index (χ3v) is 2.46. The van der Waals surface area contributed by atoms with Crippen molar-refractivity contribution in [2.24, 2.45) is 5.73 Å². The number of nitrogens with two attached hydrogens (primary N) is 1. The van der Waals surface area contributed by atoms with Gasteiger partial charge >= 0.3 is 6.18 Å². The molecule has 1 unspecified atom stereocenters. The van der Waals surface area contributed by atoms with Crippen molar-refractivity contribution >= 4 is 10.9 Å². The molecule has 1 aromatic carbocycles. The van der Waals surface area contributed by atoms with Gasteiger partial charge in [-0.15, -0.1) is 0 Å². The number of benzene rings is 1. The Morgan fingerprint density at radius 1 is 1.33 bits per heavy atom. The second kappa shape index (κ2) is 4.53. The zero-order valence-corrected chi connectivity index (χ0v) is 9.70. The predicted molar refractivity (Wildman–Crippen MR) is 61.9 cm³/mol. The van der Waals surface area contributed by atoms with Crippen molar-refractivity contribution in [2.75, 3.05) is 0 Å². The van der Waals surface area contributed by atoms with Gasteiger partial charge in [0.05, 0.1) is 11.1 Å². The average molecular weight is 255 g/mol. The third kappa shape index (κ3) is 2.76. The van der Waals surface area contributed by atoms with Gasteiger partial charge in [-0.2, -0.15) is 13.2 Å². The van der Waals surface area contributed by atoms with Gasteiger partial charge in [0.1, 0.15) is 5.82 Å². The highest BCUT2D eigenvalue weighted by atomic mass is 19.4. The summed E-state index contributed by atoms with van der Waals surface area (Å²) in [5.41, 5.74) is 5.19. The number of rotatable bonds is 2. The first kappa shape index (κ1) is 12.8. The van der Waals surface area contributed by atoms with Crippen LogP contribution in [-0.2, 0) is 12.6 Å². The van der Waals surface area contributed by atoms with Crippen molar-refractivity contribution in [2.45, 2.75) is 25.6 Å². The lowest BCUT2D eigenvalue weighted by molar-refractivity contribution is -0.137. The van der Waals surface area contributed by atoms with Crippen molar-refractivity contribution in [1.29, 1.82) is 0 Å². The quantitative estimate of drug-likeness (QED) is 0.897. The first-order valence-corrected chi connectivity index (χ1v) is 5.45. The van der Waals surface area contributed by atoms with Crippen LogP contribution in [0.4, 0.5) is 13.2 Å². The Balaban J connectivity index is 2.46. The predicted octanol–water partition coefficient (Wildman–Crippen LogP) is 2.54. The molecule has 0 amide bonds. The van der Waals surface area contributed by atoms with Crippen LogP contribution < -0.4 is 5.73 Å². The Hall–Kier alpha value is -1.69. The molecule has 6 heteroatoms. The summed E-state index contributed by atoms with van der Waals surface area (Å²) in [5, 5.41) is 0.580. The van der Waals surface area contributed by atoms with Crippen molar-refractivity contribution in [1.82, 2.24) is 9.97 Å². The standard InChI is InChI=1S/C12H12F3N3/c1-7(16)4-11-17-6-8-2-3-9(12(13,14)15)5-10(8)18-11/h2-3,5-7H,4,16H2,1H3. The summed E-state index contributed by atoms with van der Waals surface area (Å²) in [6.45, 7) is 1.79. The van der Waals surface area contributed by atoms with Crippen molar-refractivity contribution in [3.63, 3.8) is 0 Å². The second-order valence-electron chi connectivity index (χ2n) is 4.24. The van der Waals surface area contributed by atoms with Crippen LogP contribution in [-0.4, -0.2) is 16.0 Å². The summed E-state index contributed by atoms with van der Waals surface area (Å²) in [4.78, 5) is 8.16. The number of alkyl halides is 3. The van der Waals surface area contributed by atoms with Gasteiger partial charge in [-0.05, 0) is 19.1 Å². The molecular formula is C12H12F3N3. The van der Waals surface area contributed by atoms with E-state index in [-0.39, 0.29) is 11.6 Å². The Morgan fingerprint density at radius 3 is 2.67 bits per heavy atom. The number of nitrogens with zero attached hydrogens (tertiary/aromatic N) is 2. The molecular weight excluding hydrogens is 243 g/mol. The monoisotopic (exact) mass is 255 g/mol. The number of hydrogen-bond acceptors (Lipinski definition) is 3. The maximum absolute atomic E-state index is 12.6. The molecule has 0 aliphatic rings. The smallest absolute Gasteiger partial charge is 0.328 e. The lowest BCUT2D eigenvalue weighted by Crippen LogP contribution is -2.19. The molecule has 0 fully saturated rings. The Morgan fingerprint density at radius 2 is 2.06 bits per heavy atom. The Bertz CT molecular complexity index is 564. The lowest BCUT2D eigenvalue weighted by atomic mass is 10.1. The fourth-order valence-electron chi connectivity index (χ4n) is 1.62. The number of halogens is 3. The molecule has 0 saturated carbocycles. The van der Waals surface area contributed by atoms with E-state index in [4.69, 9.17) is 5.73 Å². The van der Waals surface area contributed by atoms with E-state index in [9.17, 15) is 13.2 Å². The zero-order valence-electron chi connectivity index (χ0n) is 9.70. The molecule has 0 spiro atoms. The first-order valence-electron chi connectivity index (χ1n) is 5.45. The normalized spacial score (nSPS) is 13.8. The van der Waals surface area contributed by atoms with Gasteiger partial charge in [0, 0.05) is 24.0 Å². The van der Waals surface area contributed by atoms with E-state index in [0.29, 0.717) is 17.6 Å². The van der Waals surface area contributed by atoms with E-state index < -0.39 is 11.7 Å². The third-order valence-electron chi connectivity index (χ3n) is 2.46. The van der Waals surface area contributed by atoms with Gasteiger partial charge in [0.25, 0.3) is 0 Å².